The van der Waals surface area contributed by atoms with Crippen molar-refractivity contribution in [3.8, 4) is 0 Å². The van der Waals surface area contributed by atoms with Crippen LogP contribution in [-0.2, 0) is 9.53 Å². The van der Waals surface area contributed by atoms with Crippen molar-refractivity contribution >= 4 is 27.6 Å². The predicted octanol–water partition coefficient (Wildman–Crippen LogP) is 2.88. The van der Waals surface area contributed by atoms with E-state index in [2.05, 4.69) is 21.2 Å². The second kappa shape index (κ2) is 5.71. The molecule has 0 amide bonds. The molecule has 4 nitrogen and oxygen atoms in total. The lowest BCUT2D eigenvalue weighted by molar-refractivity contribution is -0.141. The van der Waals surface area contributed by atoms with Gasteiger partial charge in [0.2, 0.25) is 0 Å². The van der Waals surface area contributed by atoms with E-state index in [1.807, 2.05) is 31.2 Å². The predicted molar refractivity (Wildman–Crippen MR) is 72.8 cm³/mol. The van der Waals surface area contributed by atoms with Gasteiger partial charge in [0.15, 0.2) is 6.04 Å². The number of benzene rings is 1. The Morgan fingerprint density at radius 3 is 2.61 bits per heavy atom. The Balaban J connectivity index is 2.07. The Kier molecular flexibility index (Phi) is 4.24. The Bertz CT molecular complexity index is 421. The number of carboxylic acid groups (broad SMARTS) is 1. The summed E-state index contributed by atoms with van der Waals surface area (Å²) in [5.41, 5.74) is 0.786. The zero-order chi connectivity index (χ0) is 13.1. The molecule has 0 bridgehead atoms. The molecule has 3 atom stereocenters. The molecule has 1 fully saturated rings. The van der Waals surface area contributed by atoms with Crippen LogP contribution in [-0.4, -0.2) is 29.3 Å². The van der Waals surface area contributed by atoms with Gasteiger partial charge < -0.3 is 15.2 Å². The highest BCUT2D eigenvalue weighted by molar-refractivity contribution is 9.10. The first kappa shape index (κ1) is 13.4. The van der Waals surface area contributed by atoms with Gasteiger partial charge in [-0.2, -0.15) is 0 Å². The van der Waals surface area contributed by atoms with Gasteiger partial charge in [0, 0.05) is 10.2 Å². The van der Waals surface area contributed by atoms with Crippen LogP contribution >= 0.6 is 15.9 Å². The van der Waals surface area contributed by atoms with Crippen LogP contribution in [0.2, 0.25) is 0 Å². The van der Waals surface area contributed by atoms with Crippen molar-refractivity contribution in [3.05, 3.63) is 28.7 Å². The molecule has 2 N–H and O–H groups in total. The van der Waals surface area contributed by atoms with Crippen LogP contribution in [0.4, 0.5) is 5.69 Å². The standard InChI is InChI=1S/C13H16BrNO3/c1-8-2-7-11(18-8)12(13(16)17)15-10-5-3-9(14)4-6-10/h3-6,8,11-12,15H,2,7H2,1H3,(H,16,17). The summed E-state index contributed by atoms with van der Waals surface area (Å²) >= 11 is 3.35. The average Bonchev–Trinajstić information content (AvgIpc) is 2.74. The number of hydrogen-bond acceptors (Lipinski definition) is 3. The van der Waals surface area contributed by atoms with Gasteiger partial charge in [-0.25, -0.2) is 4.79 Å². The smallest absolute Gasteiger partial charge is 0.328 e. The summed E-state index contributed by atoms with van der Waals surface area (Å²) in [5.74, 6) is -0.878. The molecule has 0 aromatic heterocycles. The number of nitrogens with one attached hydrogen (secondary N) is 1. The maximum absolute atomic E-state index is 11.3. The van der Waals surface area contributed by atoms with Crippen LogP contribution in [0.25, 0.3) is 0 Å². The molecule has 1 saturated heterocycles. The van der Waals surface area contributed by atoms with Gasteiger partial charge in [-0.3, -0.25) is 0 Å². The largest absolute Gasteiger partial charge is 0.480 e. The number of carbonyl (C=O) groups is 1. The summed E-state index contributed by atoms with van der Waals surface area (Å²) in [4.78, 5) is 11.3. The minimum absolute atomic E-state index is 0.142. The van der Waals surface area contributed by atoms with Crippen molar-refractivity contribution in [3.63, 3.8) is 0 Å². The molecular weight excluding hydrogens is 298 g/mol. The number of hydrogen-bond donors (Lipinski definition) is 2. The van der Waals surface area contributed by atoms with E-state index in [0.29, 0.717) is 0 Å². The molecular formula is C13H16BrNO3. The summed E-state index contributed by atoms with van der Waals surface area (Å²) in [5, 5.41) is 12.3. The summed E-state index contributed by atoms with van der Waals surface area (Å²) in [6.07, 6.45) is 1.57. The second-order valence-corrected chi connectivity index (χ2v) is 5.45. The van der Waals surface area contributed by atoms with Gasteiger partial charge >= 0.3 is 5.97 Å². The Hall–Kier alpha value is -1.07. The zero-order valence-corrected chi connectivity index (χ0v) is 11.7. The van der Waals surface area contributed by atoms with Gasteiger partial charge in [0.25, 0.3) is 0 Å². The molecule has 18 heavy (non-hydrogen) atoms. The SMILES string of the molecule is CC1CCC(C(Nc2ccc(Br)cc2)C(=O)O)O1. The lowest BCUT2D eigenvalue weighted by atomic mass is 10.1. The fourth-order valence-electron chi connectivity index (χ4n) is 2.12. The first-order chi connectivity index (χ1) is 8.56. The third kappa shape index (κ3) is 3.23. The average molecular weight is 314 g/mol. The van der Waals surface area contributed by atoms with E-state index in [0.717, 1.165) is 23.0 Å². The highest BCUT2D eigenvalue weighted by Gasteiger charge is 2.34. The number of halogens is 1. The van der Waals surface area contributed by atoms with E-state index in [1.165, 1.54) is 0 Å². The summed E-state index contributed by atoms with van der Waals surface area (Å²) in [6.45, 7) is 1.97. The van der Waals surface area contributed by atoms with E-state index < -0.39 is 12.0 Å². The van der Waals surface area contributed by atoms with E-state index in [4.69, 9.17) is 4.74 Å². The molecule has 0 spiro atoms. The Morgan fingerprint density at radius 1 is 1.44 bits per heavy atom. The quantitative estimate of drug-likeness (QED) is 0.897. The number of ether oxygens (including phenoxy) is 1. The van der Waals surface area contributed by atoms with Crippen molar-refractivity contribution in [2.24, 2.45) is 0 Å². The minimum atomic E-state index is -0.878. The van der Waals surface area contributed by atoms with E-state index in [1.54, 1.807) is 0 Å². The highest BCUT2D eigenvalue weighted by Crippen LogP contribution is 2.24. The van der Waals surface area contributed by atoms with Crippen LogP contribution in [0, 0.1) is 0 Å². The molecule has 1 aliphatic heterocycles. The van der Waals surface area contributed by atoms with Gasteiger partial charge in [0.05, 0.1) is 12.2 Å². The maximum atomic E-state index is 11.3. The molecule has 5 heteroatoms. The van der Waals surface area contributed by atoms with E-state index in [9.17, 15) is 9.90 Å². The van der Waals surface area contributed by atoms with Crippen LogP contribution in [0.1, 0.15) is 19.8 Å². The lowest BCUT2D eigenvalue weighted by Gasteiger charge is -2.22. The van der Waals surface area contributed by atoms with Crippen molar-refractivity contribution in [2.75, 3.05) is 5.32 Å². The normalized spacial score (nSPS) is 24.8. The summed E-state index contributed by atoms with van der Waals surface area (Å²) < 4.78 is 6.59. The number of anilines is 1. The fourth-order valence-corrected chi connectivity index (χ4v) is 2.38. The molecule has 1 heterocycles. The van der Waals surface area contributed by atoms with E-state index >= 15 is 0 Å². The second-order valence-electron chi connectivity index (χ2n) is 4.53. The first-order valence-electron chi connectivity index (χ1n) is 5.96. The number of aliphatic carboxylic acids is 1. The van der Waals surface area contributed by atoms with Crippen molar-refractivity contribution < 1.29 is 14.6 Å². The molecule has 0 saturated carbocycles. The fraction of sp³-hybridized carbons (Fsp3) is 0.462. The molecule has 0 radical (unpaired) electrons. The maximum Gasteiger partial charge on any atom is 0.328 e. The Labute approximate surface area is 114 Å². The van der Waals surface area contributed by atoms with Crippen LogP contribution < -0.4 is 5.32 Å². The van der Waals surface area contributed by atoms with Gasteiger partial charge in [0.1, 0.15) is 0 Å². The highest BCUT2D eigenvalue weighted by atomic mass is 79.9. The van der Waals surface area contributed by atoms with Crippen molar-refractivity contribution in [2.45, 2.75) is 38.0 Å². The van der Waals surface area contributed by atoms with E-state index in [-0.39, 0.29) is 12.2 Å². The van der Waals surface area contributed by atoms with Crippen LogP contribution in [0.15, 0.2) is 28.7 Å². The molecule has 0 aliphatic carbocycles. The molecule has 1 aromatic carbocycles. The minimum Gasteiger partial charge on any atom is -0.480 e. The third-order valence-electron chi connectivity index (χ3n) is 3.07. The zero-order valence-electron chi connectivity index (χ0n) is 10.1. The molecule has 98 valence electrons. The molecule has 2 rings (SSSR count). The molecule has 1 aromatic rings. The monoisotopic (exact) mass is 313 g/mol. The molecule has 1 aliphatic rings. The Morgan fingerprint density at radius 2 is 2.11 bits per heavy atom. The van der Waals surface area contributed by atoms with Crippen molar-refractivity contribution in [1.29, 1.82) is 0 Å². The van der Waals surface area contributed by atoms with Crippen molar-refractivity contribution in [1.82, 2.24) is 0 Å². The first-order valence-corrected chi connectivity index (χ1v) is 6.76. The topological polar surface area (TPSA) is 58.6 Å². The van der Waals surface area contributed by atoms with Crippen LogP contribution in [0.5, 0.6) is 0 Å². The molecule has 3 unspecified atom stereocenters. The lowest BCUT2D eigenvalue weighted by Crippen LogP contribution is -2.40. The van der Waals surface area contributed by atoms with Gasteiger partial charge in [-0.1, -0.05) is 15.9 Å². The van der Waals surface area contributed by atoms with Gasteiger partial charge in [-0.05, 0) is 44.0 Å². The summed E-state index contributed by atoms with van der Waals surface area (Å²) in [6, 6.07) is 6.74. The number of carboxylic acids is 1. The van der Waals surface area contributed by atoms with Crippen LogP contribution in [0.3, 0.4) is 0 Å². The number of rotatable bonds is 4. The third-order valence-corrected chi connectivity index (χ3v) is 3.60. The summed E-state index contributed by atoms with van der Waals surface area (Å²) in [7, 11) is 0. The van der Waals surface area contributed by atoms with Gasteiger partial charge in [-0.15, -0.1) is 0 Å².